The van der Waals surface area contributed by atoms with Crippen molar-refractivity contribution in [3.63, 3.8) is 0 Å². The van der Waals surface area contributed by atoms with E-state index >= 15 is 0 Å². The summed E-state index contributed by atoms with van der Waals surface area (Å²) in [6, 6.07) is 5.90. The molecule has 0 radical (unpaired) electrons. The second-order valence-corrected chi connectivity index (χ2v) is 4.71. The fourth-order valence-corrected chi connectivity index (χ4v) is 2.00. The number of benzene rings is 1. The first-order chi connectivity index (χ1) is 10.5. The third-order valence-electron chi connectivity index (χ3n) is 3.09. The summed E-state index contributed by atoms with van der Waals surface area (Å²) in [5, 5.41) is 4.80. The molecule has 8 heteroatoms. The Labute approximate surface area is 126 Å². The van der Waals surface area contributed by atoms with E-state index in [1.54, 1.807) is 24.3 Å². The van der Waals surface area contributed by atoms with Crippen molar-refractivity contribution in [1.82, 2.24) is 10.6 Å². The first-order valence-electron chi connectivity index (χ1n) is 6.70. The van der Waals surface area contributed by atoms with Crippen molar-refractivity contribution in [3.8, 4) is 11.5 Å². The Morgan fingerprint density at radius 1 is 1.32 bits per heavy atom. The van der Waals surface area contributed by atoms with Gasteiger partial charge in [0, 0.05) is 7.05 Å². The van der Waals surface area contributed by atoms with Crippen LogP contribution in [0.15, 0.2) is 24.3 Å². The lowest BCUT2D eigenvalue weighted by atomic mass is 10.1. The van der Waals surface area contributed by atoms with Crippen molar-refractivity contribution >= 4 is 17.7 Å². The minimum absolute atomic E-state index is 0.0138. The molecule has 4 N–H and O–H groups in total. The van der Waals surface area contributed by atoms with Crippen LogP contribution in [0, 0.1) is 0 Å². The predicted molar refractivity (Wildman–Crippen MR) is 76.2 cm³/mol. The third kappa shape index (κ3) is 3.66. The van der Waals surface area contributed by atoms with E-state index in [9.17, 15) is 14.4 Å². The molecule has 0 saturated carbocycles. The van der Waals surface area contributed by atoms with Crippen molar-refractivity contribution < 1.29 is 23.9 Å². The quantitative estimate of drug-likeness (QED) is 0.640. The lowest BCUT2D eigenvalue weighted by Crippen LogP contribution is -2.53. The molecule has 8 nitrogen and oxygen atoms in total. The van der Waals surface area contributed by atoms with Crippen LogP contribution in [0.1, 0.15) is 6.42 Å². The SMILES string of the molecule is CNC(=O)[C@H](CC(N)=O)NC(=O)C1COc2ccccc2O1. The summed E-state index contributed by atoms with van der Waals surface area (Å²) in [6.45, 7) is 0.0138. The number of fused-ring (bicyclic) bond motifs is 1. The van der Waals surface area contributed by atoms with Gasteiger partial charge in [0.25, 0.3) is 5.91 Å². The standard InChI is InChI=1S/C14H17N3O5/c1-16-13(19)8(6-12(15)18)17-14(20)11-7-21-9-4-2-3-5-10(9)22-11/h2-5,8,11H,6-7H2,1H3,(H2,15,18)(H,16,19)(H,17,20)/t8-,11?/m0/s1. The molecular formula is C14H17N3O5. The van der Waals surface area contributed by atoms with Crippen LogP contribution in [0.2, 0.25) is 0 Å². The fraction of sp³-hybridized carbons (Fsp3) is 0.357. The minimum Gasteiger partial charge on any atom is -0.485 e. The molecule has 0 saturated heterocycles. The van der Waals surface area contributed by atoms with Crippen LogP contribution in [0.3, 0.4) is 0 Å². The summed E-state index contributed by atoms with van der Waals surface area (Å²) in [4.78, 5) is 34.8. The molecule has 2 atom stereocenters. The number of likely N-dealkylation sites (N-methyl/N-ethyl adjacent to an activating group) is 1. The number of para-hydroxylation sites is 2. The van der Waals surface area contributed by atoms with Crippen molar-refractivity contribution in [3.05, 3.63) is 24.3 Å². The Kier molecular flexibility index (Phi) is 4.82. The van der Waals surface area contributed by atoms with Crippen molar-refractivity contribution in [2.24, 2.45) is 5.73 Å². The summed E-state index contributed by atoms with van der Waals surface area (Å²) in [5.41, 5.74) is 5.08. The number of carbonyl (C=O) groups excluding carboxylic acids is 3. The summed E-state index contributed by atoms with van der Waals surface area (Å²) in [5.74, 6) is -0.763. The van der Waals surface area contributed by atoms with Gasteiger partial charge in [-0.1, -0.05) is 12.1 Å². The van der Waals surface area contributed by atoms with Crippen molar-refractivity contribution in [2.75, 3.05) is 13.7 Å². The van der Waals surface area contributed by atoms with E-state index in [1.807, 2.05) is 0 Å². The molecule has 118 valence electrons. The topological polar surface area (TPSA) is 120 Å². The average Bonchev–Trinajstić information content (AvgIpc) is 2.52. The molecule has 1 aliphatic heterocycles. The number of hydrogen-bond acceptors (Lipinski definition) is 5. The number of hydrogen-bond donors (Lipinski definition) is 3. The van der Waals surface area contributed by atoms with Gasteiger partial charge in [-0.25, -0.2) is 0 Å². The van der Waals surface area contributed by atoms with E-state index in [-0.39, 0.29) is 13.0 Å². The van der Waals surface area contributed by atoms with Gasteiger partial charge in [0.15, 0.2) is 11.5 Å². The monoisotopic (exact) mass is 307 g/mol. The molecule has 3 amide bonds. The maximum absolute atomic E-state index is 12.2. The second kappa shape index (κ2) is 6.79. The highest BCUT2D eigenvalue weighted by Gasteiger charge is 2.31. The molecule has 0 fully saturated rings. The number of primary amides is 1. The largest absolute Gasteiger partial charge is 0.485 e. The number of amides is 3. The highest BCUT2D eigenvalue weighted by atomic mass is 16.6. The number of rotatable bonds is 5. The van der Waals surface area contributed by atoms with E-state index in [2.05, 4.69) is 10.6 Å². The average molecular weight is 307 g/mol. The van der Waals surface area contributed by atoms with Crippen LogP contribution >= 0.6 is 0 Å². The van der Waals surface area contributed by atoms with Gasteiger partial charge in [0.05, 0.1) is 6.42 Å². The minimum atomic E-state index is -1.05. The van der Waals surface area contributed by atoms with E-state index < -0.39 is 29.9 Å². The van der Waals surface area contributed by atoms with Gasteiger partial charge < -0.3 is 25.8 Å². The molecule has 1 unspecified atom stereocenters. The van der Waals surface area contributed by atoms with Crippen molar-refractivity contribution in [2.45, 2.75) is 18.6 Å². The molecule has 2 rings (SSSR count). The number of carbonyl (C=O) groups is 3. The molecule has 1 aromatic carbocycles. The van der Waals surface area contributed by atoms with Gasteiger partial charge >= 0.3 is 0 Å². The van der Waals surface area contributed by atoms with E-state index in [0.717, 1.165) is 0 Å². The van der Waals surface area contributed by atoms with Gasteiger partial charge in [0.2, 0.25) is 17.9 Å². The first-order valence-corrected chi connectivity index (χ1v) is 6.70. The van der Waals surface area contributed by atoms with Gasteiger partial charge in [-0.3, -0.25) is 14.4 Å². The zero-order valence-corrected chi connectivity index (χ0v) is 12.0. The number of nitrogens with two attached hydrogens (primary N) is 1. The molecule has 0 bridgehead atoms. The zero-order chi connectivity index (χ0) is 16.1. The third-order valence-corrected chi connectivity index (χ3v) is 3.09. The lowest BCUT2D eigenvalue weighted by molar-refractivity contribution is -0.135. The molecule has 1 aliphatic rings. The molecule has 0 spiro atoms. The number of nitrogens with one attached hydrogen (secondary N) is 2. The molecule has 0 aromatic heterocycles. The molecule has 1 heterocycles. The Morgan fingerprint density at radius 2 is 2.00 bits per heavy atom. The summed E-state index contributed by atoms with van der Waals surface area (Å²) in [7, 11) is 1.40. The number of ether oxygens (including phenoxy) is 2. The normalized spacial score (nSPS) is 17.2. The Morgan fingerprint density at radius 3 is 2.64 bits per heavy atom. The maximum atomic E-state index is 12.2. The molecule has 22 heavy (non-hydrogen) atoms. The van der Waals surface area contributed by atoms with Crippen LogP contribution in [0.5, 0.6) is 11.5 Å². The van der Waals surface area contributed by atoms with E-state index in [4.69, 9.17) is 15.2 Å². The Bertz CT molecular complexity index is 590. The smallest absolute Gasteiger partial charge is 0.265 e. The van der Waals surface area contributed by atoms with Gasteiger partial charge in [-0.2, -0.15) is 0 Å². The summed E-state index contributed by atoms with van der Waals surface area (Å²) >= 11 is 0. The van der Waals surface area contributed by atoms with E-state index in [0.29, 0.717) is 11.5 Å². The van der Waals surface area contributed by atoms with Crippen LogP contribution in [-0.4, -0.2) is 43.5 Å². The summed E-state index contributed by atoms with van der Waals surface area (Å²) < 4.78 is 11.0. The molecule has 1 aromatic rings. The van der Waals surface area contributed by atoms with Gasteiger partial charge in [-0.05, 0) is 12.1 Å². The highest BCUT2D eigenvalue weighted by Crippen LogP contribution is 2.30. The second-order valence-electron chi connectivity index (χ2n) is 4.71. The Balaban J connectivity index is 2.02. The zero-order valence-electron chi connectivity index (χ0n) is 12.0. The highest BCUT2D eigenvalue weighted by molar-refractivity contribution is 5.92. The fourth-order valence-electron chi connectivity index (χ4n) is 2.00. The predicted octanol–water partition coefficient (Wildman–Crippen LogP) is -1.07. The maximum Gasteiger partial charge on any atom is 0.265 e. The van der Waals surface area contributed by atoms with Crippen LogP contribution in [-0.2, 0) is 14.4 Å². The van der Waals surface area contributed by atoms with Gasteiger partial charge in [0.1, 0.15) is 12.6 Å². The van der Waals surface area contributed by atoms with Crippen molar-refractivity contribution in [1.29, 1.82) is 0 Å². The van der Waals surface area contributed by atoms with E-state index in [1.165, 1.54) is 7.05 Å². The summed E-state index contributed by atoms with van der Waals surface area (Å²) in [6.07, 6.45) is -1.20. The lowest BCUT2D eigenvalue weighted by Gasteiger charge is -2.27. The molecule has 0 aliphatic carbocycles. The first kappa shape index (κ1) is 15.6. The van der Waals surface area contributed by atoms with Crippen LogP contribution in [0.25, 0.3) is 0 Å². The van der Waals surface area contributed by atoms with Crippen LogP contribution < -0.4 is 25.8 Å². The van der Waals surface area contributed by atoms with Crippen LogP contribution in [0.4, 0.5) is 0 Å². The van der Waals surface area contributed by atoms with Gasteiger partial charge in [-0.15, -0.1) is 0 Å². The Hall–Kier alpha value is -2.77. The molecular weight excluding hydrogens is 290 g/mol.